The van der Waals surface area contributed by atoms with E-state index >= 15 is 0 Å². The predicted octanol–water partition coefficient (Wildman–Crippen LogP) is 3.81. The van der Waals surface area contributed by atoms with Crippen LogP contribution in [0.25, 0.3) is 22.3 Å². The van der Waals surface area contributed by atoms with Gasteiger partial charge in [0.1, 0.15) is 0 Å². The molecule has 3 aromatic carbocycles. The van der Waals surface area contributed by atoms with Gasteiger partial charge in [-0.1, -0.05) is 84.0 Å². The largest absolute Gasteiger partial charge is 0.0720 e. The van der Waals surface area contributed by atoms with Crippen LogP contribution in [-0.2, 0) is 0 Å². The minimum Gasteiger partial charge on any atom is -0.0632 e. The zero-order chi connectivity index (χ0) is 13.1. The first-order valence-electron chi connectivity index (χ1n) is 6.32. The summed E-state index contributed by atoms with van der Waals surface area (Å²) in [5, 5.41) is 1.12. The van der Waals surface area contributed by atoms with Gasteiger partial charge in [-0.3, -0.25) is 0 Å². The second-order valence-electron chi connectivity index (χ2n) is 4.46. The van der Waals surface area contributed by atoms with Gasteiger partial charge in [-0.25, -0.2) is 0 Å². The molecule has 0 N–H and O–H groups in total. The normalized spacial score (nSPS) is 10.4. The maximum Gasteiger partial charge on any atom is 0.0720 e. The van der Waals surface area contributed by atoms with E-state index in [1.54, 1.807) is 0 Å². The molecular weight excluding hydrogens is 244 g/mol. The summed E-state index contributed by atoms with van der Waals surface area (Å²) in [6.07, 6.45) is 0. The lowest BCUT2D eigenvalue weighted by atomic mass is 9.94. The van der Waals surface area contributed by atoms with Crippen LogP contribution in [0, 0.1) is 0 Å². The molecule has 3 rings (SSSR count). The minimum absolute atomic E-state index is 1.12. The first-order valence-corrected chi connectivity index (χ1v) is 6.82. The van der Waals surface area contributed by atoms with Crippen LogP contribution in [0.2, 0.25) is 0 Å². The van der Waals surface area contributed by atoms with Crippen LogP contribution in [0.5, 0.6) is 0 Å². The Bertz CT molecular complexity index is 673. The summed E-state index contributed by atoms with van der Waals surface area (Å²) in [7, 11) is 3.74. The summed E-state index contributed by atoms with van der Waals surface area (Å²) < 4.78 is 0. The monoisotopic (exact) mass is 257 g/mol. The van der Waals surface area contributed by atoms with Gasteiger partial charge in [-0.15, -0.1) is 0 Å². The van der Waals surface area contributed by atoms with Crippen LogP contribution < -0.4 is 5.19 Å². The third kappa shape index (κ3) is 2.38. The Hall–Kier alpha value is -2.12. The molecule has 19 heavy (non-hydrogen) atoms. The lowest BCUT2D eigenvalue weighted by Gasteiger charge is -2.13. The summed E-state index contributed by atoms with van der Waals surface area (Å²) in [6, 6.07) is 27.3. The van der Waals surface area contributed by atoms with E-state index in [1.165, 1.54) is 22.3 Å². The van der Waals surface area contributed by atoms with Crippen molar-refractivity contribution >= 4 is 15.4 Å². The third-order valence-corrected chi connectivity index (χ3v) is 3.63. The van der Waals surface area contributed by atoms with Crippen molar-refractivity contribution in [2.75, 3.05) is 0 Å². The summed E-state index contributed by atoms with van der Waals surface area (Å²) in [5.74, 6) is 0. The van der Waals surface area contributed by atoms with E-state index in [-0.39, 0.29) is 0 Å². The fourth-order valence-corrected chi connectivity index (χ4v) is 2.70. The van der Waals surface area contributed by atoms with Gasteiger partial charge >= 0.3 is 0 Å². The van der Waals surface area contributed by atoms with Gasteiger partial charge in [-0.05, 0) is 22.3 Å². The molecule has 0 saturated heterocycles. The van der Waals surface area contributed by atoms with E-state index in [2.05, 4.69) is 77.0 Å². The molecular formula is C18H13Si. The molecule has 3 radical (unpaired) electrons. The van der Waals surface area contributed by atoms with Gasteiger partial charge in [-0.2, -0.15) is 0 Å². The van der Waals surface area contributed by atoms with Crippen molar-refractivity contribution in [1.82, 2.24) is 0 Å². The molecule has 0 bridgehead atoms. The lowest BCUT2D eigenvalue weighted by Crippen LogP contribution is -2.07. The molecule has 89 valence electrons. The number of rotatable bonds is 2. The average Bonchev–Trinajstić information content (AvgIpc) is 2.49. The Balaban J connectivity index is 2.25. The van der Waals surface area contributed by atoms with Crippen LogP contribution in [-0.4, -0.2) is 10.2 Å². The fourth-order valence-electron chi connectivity index (χ4n) is 2.33. The van der Waals surface area contributed by atoms with Gasteiger partial charge in [0.05, 0.1) is 10.2 Å². The Kier molecular flexibility index (Phi) is 3.30. The second-order valence-corrected chi connectivity index (χ2v) is 5.00. The van der Waals surface area contributed by atoms with Gasteiger partial charge in [0.2, 0.25) is 0 Å². The summed E-state index contributed by atoms with van der Waals surface area (Å²) >= 11 is 0. The summed E-state index contributed by atoms with van der Waals surface area (Å²) in [6.45, 7) is 0. The SMILES string of the molecule is [Si]c1cccc(-c2ccccc2)c1-c1ccccc1. The standard InChI is InChI=1S/C18H13Si/c19-17-13-7-12-16(14-8-3-1-4-9-14)18(17)15-10-5-2-6-11-15/h1-13H. The predicted molar refractivity (Wildman–Crippen MR) is 82.7 cm³/mol. The van der Waals surface area contributed by atoms with Crippen LogP contribution in [0.15, 0.2) is 78.9 Å². The van der Waals surface area contributed by atoms with E-state index in [0.717, 1.165) is 5.19 Å². The molecule has 0 fully saturated rings. The molecule has 0 amide bonds. The molecule has 1 heteroatoms. The first kappa shape index (κ1) is 11.9. The highest BCUT2D eigenvalue weighted by molar-refractivity contribution is 6.37. The van der Waals surface area contributed by atoms with Crippen molar-refractivity contribution in [3.8, 4) is 22.3 Å². The Morgan fingerprint density at radius 1 is 0.526 bits per heavy atom. The van der Waals surface area contributed by atoms with Gasteiger partial charge in [0.25, 0.3) is 0 Å². The van der Waals surface area contributed by atoms with Crippen molar-refractivity contribution < 1.29 is 0 Å². The molecule has 0 saturated carbocycles. The molecule has 0 aliphatic rings. The summed E-state index contributed by atoms with van der Waals surface area (Å²) in [5.41, 5.74) is 4.96. The number of benzene rings is 3. The molecule has 0 spiro atoms. The molecule has 0 aromatic heterocycles. The lowest BCUT2D eigenvalue weighted by molar-refractivity contribution is 1.60. The minimum atomic E-state index is 1.12. The highest BCUT2D eigenvalue weighted by Gasteiger charge is 2.08. The zero-order valence-corrected chi connectivity index (χ0v) is 11.5. The Labute approximate surface area is 117 Å². The van der Waals surface area contributed by atoms with Crippen molar-refractivity contribution in [2.45, 2.75) is 0 Å². The Morgan fingerprint density at radius 3 is 1.74 bits per heavy atom. The van der Waals surface area contributed by atoms with Crippen LogP contribution >= 0.6 is 0 Å². The van der Waals surface area contributed by atoms with E-state index in [0.29, 0.717) is 0 Å². The van der Waals surface area contributed by atoms with E-state index in [9.17, 15) is 0 Å². The third-order valence-electron chi connectivity index (χ3n) is 3.21. The first-order chi connectivity index (χ1) is 9.36. The highest BCUT2D eigenvalue weighted by atomic mass is 28.1. The molecule has 0 aliphatic carbocycles. The van der Waals surface area contributed by atoms with Crippen molar-refractivity contribution in [3.05, 3.63) is 78.9 Å². The van der Waals surface area contributed by atoms with Gasteiger partial charge < -0.3 is 0 Å². The molecule has 0 unspecified atom stereocenters. The van der Waals surface area contributed by atoms with Crippen LogP contribution in [0.1, 0.15) is 0 Å². The van der Waals surface area contributed by atoms with Crippen LogP contribution in [0.4, 0.5) is 0 Å². The summed E-state index contributed by atoms with van der Waals surface area (Å²) in [4.78, 5) is 0. The molecule has 0 heterocycles. The fraction of sp³-hybridized carbons (Fsp3) is 0. The van der Waals surface area contributed by atoms with E-state index in [1.807, 2.05) is 12.1 Å². The van der Waals surface area contributed by atoms with Gasteiger partial charge in [0, 0.05) is 0 Å². The number of hydrogen-bond donors (Lipinski definition) is 0. The second kappa shape index (κ2) is 5.25. The average molecular weight is 257 g/mol. The Morgan fingerprint density at radius 2 is 1.11 bits per heavy atom. The van der Waals surface area contributed by atoms with Gasteiger partial charge in [0.15, 0.2) is 0 Å². The quantitative estimate of drug-likeness (QED) is 0.612. The molecule has 0 aliphatic heterocycles. The number of hydrogen-bond acceptors (Lipinski definition) is 0. The smallest absolute Gasteiger partial charge is 0.0632 e. The molecule has 0 atom stereocenters. The molecule has 3 aromatic rings. The van der Waals surface area contributed by atoms with Crippen molar-refractivity contribution in [3.63, 3.8) is 0 Å². The zero-order valence-electron chi connectivity index (χ0n) is 10.5. The maximum atomic E-state index is 3.74. The van der Waals surface area contributed by atoms with Crippen LogP contribution in [0.3, 0.4) is 0 Å². The topological polar surface area (TPSA) is 0 Å². The van der Waals surface area contributed by atoms with E-state index in [4.69, 9.17) is 0 Å². The molecule has 0 nitrogen and oxygen atoms in total. The maximum absolute atomic E-state index is 3.74. The van der Waals surface area contributed by atoms with Crippen molar-refractivity contribution in [1.29, 1.82) is 0 Å². The highest BCUT2D eigenvalue weighted by Crippen LogP contribution is 2.29. The van der Waals surface area contributed by atoms with E-state index < -0.39 is 0 Å². The van der Waals surface area contributed by atoms with Crippen molar-refractivity contribution in [2.24, 2.45) is 0 Å².